The number of phenolic OH excluding ortho intramolecular Hbond substituents is 2. The van der Waals surface area contributed by atoms with E-state index in [2.05, 4.69) is 0 Å². The third kappa shape index (κ3) is 2.65. The maximum absolute atomic E-state index is 10.1. The Morgan fingerprint density at radius 3 is 2.50 bits per heavy atom. The van der Waals surface area contributed by atoms with E-state index in [9.17, 15) is 20.4 Å². The minimum absolute atomic E-state index is 0.104. The van der Waals surface area contributed by atoms with Crippen LogP contribution in [-0.4, -0.2) is 69.5 Å². The predicted molar refractivity (Wildman–Crippen MR) is 71.1 cm³/mol. The van der Waals surface area contributed by atoms with Crippen molar-refractivity contribution in [1.29, 1.82) is 0 Å². The van der Waals surface area contributed by atoms with Crippen molar-refractivity contribution in [2.75, 3.05) is 13.2 Å². The van der Waals surface area contributed by atoms with Crippen LogP contribution in [0, 0.1) is 0 Å². The molecule has 0 amide bonds. The molecule has 6 atom stereocenters. The van der Waals surface area contributed by atoms with Crippen LogP contribution >= 0.6 is 0 Å². The standard InChI is InChI=1S/C14H18O8/c15-4-9-11(18)12(19)13-14(22-9)20-5-10(21-13)6-1-2-7(16)8(17)3-6/h1-3,9-19H,4-5H2/t9-,10-,11-,12+,13-,14-/m1/s1. The molecule has 8 nitrogen and oxygen atoms in total. The number of rotatable bonds is 2. The third-order valence-corrected chi connectivity index (χ3v) is 3.93. The molecule has 0 unspecified atom stereocenters. The van der Waals surface area contributed by atoms with Crippen molar-refractivity contribution in [2.24, 2.45) is 0 Å². The van der Waals surface area contributed by atoms with Crippen molar-refractivity contribution in [3.8, 4) is 11.5 Å². The fraction of sp³-hybridized carbons (Fsp3) is 0.571. The normalized spacial score (nSPS) is 38.5. The van der Waals surface area contributed by atoms with Crippen LogP contribution in [0.1, 0.15) is 11.7 Å². The largest absolute Gasteiger partial charge is 0.504 e. The molecule has 1 aromatic rings. The number of ether oxygens (including phenoxy) is 3. The molecule has 2 aliphatic heterocycles. The molecular formula is C14H18O8. The van der Waals surface area contributed by atoms with E-state index in [0.717, 1.165) is 0 Å². The van der Waals surface area contributed by atoms with Gasteiger partial charge in [0.15, 0.2) is 17.8 Å². The van der Waals surface area contributed by atoms with Crippen LogP contribution < -0.4 is 0 Å². The Morgan fingerprint density at radius 1 is 1.05 bits per heavy atom. The molecule has 1 aromatic carbocycles. The summed E-state index contributed by atoms with van der Waals surface area (Å²) in [7, 11) is 0. The number of benzene rings is 1. The summed E-state index contributed by atoms with van der Waals surface area (Å²) in [6.45, 7) is -0.341. The third-order valence-electron chi connectivity index (χ3n) is 3.93. The van der Waals surface area contributed by atoms with E-state index >= 15 is 0 Å². The van der Waals surface area contributed by atoms with Crippen LogP contribution in [0.25, 0.3) is 0 Å². The average Bonchev–Trinajstić information content (AvgIpc) is 2.53. The second kappa shape index (κ2) is 5.99. The van der Waals surface area contributed by atoms with Gasteiger partial charge in [-0.05, 0) is 17.7 Å². The van der Waals surface area contributed by atoms with Crippen LogP contribution in [0.2, 0.25) is 0 Å². The molecule has 2 saturated heterocycles. The average molecular weight is 314 g/mol. The summed E-state index contributed by atoms with van der Waals surface area (Å²) in [5.74, 6) is -0.537. The van der Waals surface area contributed by atoms with E-state index in [4.69, 9.17) is 19.3 Å². The highest BCUT2D eigenvalue weighted by Crippen LogP contribution is 2.36. The molecule has 122 valence electrons. The highest BCUT2D eigenvalue weighted by Gasteiger charge is 2.48. The van der Waals surface area contributed by atoms with Crippen molar-refractivity contribution in [3.63, 3.8) is 0 Å². The van der Waals surface area contributed by atoms with Crippen LogP contribution in [0.3, 0.4) is 0 Å². The van der Waals surface area contributed by atoms with Crippen LogP contribution in [0.4, 0.5) is 0 Å². The summed E-state index contributed by atoms with van der Waals surface area (Å²) in [6, 6.07) is 4.23. The van der Waals surface area contributed by atoms with Crippen molar-refractivity contribution >= 4 is 0 Å². The molecule has 0 aliphatic carbocycles. The summed E-state index contributed by atoms with van der Waals surface area (Å²) in [4.78, 5) is 0. The van der Waals surface area contributed by atoms with Gasteiger partial charge in [-0.25, -0.2) is 0 Å². The number of phenols is 2. The Morgan fingerprint density at radius 2 is 1.82 bits per heavy atom. The lowest BCUT2D eigenvalue weighted by Gasteiger charge is -2.46. The minimum atomic E-state index is -1.29. The van der Waals surface area contributed by atoms with Gasteiger partial charge in [0, 0.05) is 0 Å². The first kappa shape index (κ1) is 15.5. The molecule has 22 heavy (non-hydrogen) atoms. The Balaban J connectivity index is 1.76. The van der Waals surface area contributed by atoms with E-state index in [1.54, 1.807) is 6.07 Å². The first-order chi connectivity index (χ1) is 10.5. The Labute approximate surface area is 126 Å². The van der Waals surface area contributed by atoms with Gasteiger partial charge < -0.3 is 39.7 Å². The summed E-state index contributed by atoms with van der Waals surface area (Å²) in [5, 5.41) is 47.9. The number of aliphatic hydroxyl groups is 3. The lowest BCUT2D eigenvalue weighted by molar-refractivity contribution is -0.350. The van der Waals surface area contributed by atoms with Gasteiger partial charge in [0.05, 0.1) is 13.2 Å². The lowest BCUT2D eigenvalue weighted by Crippen LogP contribution is -2.62. The van der Waals surface area contributed by atoms with Gasteiger partial charge in [-0.3, -0.25) is 0 Å². The maximum Gasteiger partial charge on any atom is 0.187 e. The van der Waals surface area contributed by atoms with Crippen LogP contribution in [0.5, 0.6) is 11.5 Å². The SMILES string of the molecule is OC[C@H]1O[C@H]2OC[C@H](c3ccc(O)c(O)c3)O[C@@H]2[C@@H](O)[C@@H]1O. The lowest BCUT2D eigenvalue weighted by atomic mass is 9.97. The van der Waals surface area contributed by atoms with Gasteiger partial charge >= 0.3 is 0 Å². The Hall–Kier alpha value is -1.42. The van der Waals surface area contributed by atoms with Crippen molar-refractivity contribution in [3.05, 3.63) is 23.8 Å². The predicted octanol–water partition coefficient (Wildman–Crippen LogP) is -1.01. The molecule has 0 bridgehead atoms. The Bertz CT molecular complexity index is 534. The molecule has 0 saturated carbocycles. The number of hydrogen-bond acceptors (Lipinski definition) is 8. The quantitative estimate of drug-likeness (QED) is 0.439. The molecular weight excluding hydrogens is 296 g/mol. The molecule has 2 heterocycles. The molecule has 2 fully saturated rings. The van der Waals surface area contributed by atoms with Gasteiger partial charge in [-0.1, -0.05) is 6.07 Å². The zero-order chi connectivity index (χ0) is 15.9. The summed E-state index contributed by atoms with van der Waals surface area (Å²) in [6.07, 6.45) is -5.91. The van der Waals surface area contributed by atoms with Crippen molar-refractivity contribution in [1.82, 2.24) is 0 Å². The van der Waals surface area contributed by atoms with E-state index in [0.29, 0.717) is 5.56 Å². The van der Waals surface area contributed by atoms with E-state index in [-0.39, 0.29) is 18.1 Å². The van der Waals surface area contributed by atoms with Gasteiger partial charge in [0.25, 0.3) is 0 Å². The first-order valence-corrected chi connectivity index (χ1v) is 6.92. The summed E-state index contributed by atoms with van der Waals surface area (Å²) < 4.78 is 16.6. The highest BCUT2D eigenvalue weighted by atomic mass is 16.7. The maximum atomic E-state index is 10.1. The van der Waals surface area contributed by atoms with Crippen LogP contribution in [-0.2, 0) is 14.2 Å². The fourth-order valence-corrected chi connectivity index (χ4v) is 2.66. The van der Waals surface area contributed by atoms with Gasteiger partial charge in [0.2, 0.25) is 0 Å². The molecule has 0 radical (unpaired) electrons. The molecule has 0 aromatic heterocycles. The number of hydrogen-bond donors (Lipinski definition) is 5. The number of aromatic hydroxyl groups is 2. The fourth-order valence-electron chi connectivity index (χ4n) is 2.66. The first-order valence-electron chi connectivity index (χ1n) is 6.92. The Kier molecular flexibility index (Phi) is 4.22. The minimum Gasteiger partial charge on any atom is -0.504 e. The second-order valence-corrected chi connectivity index (χ2v) is 5.38. The monoisotopic (exact) mass is 314 g/mol. The van der Waals surface area contributed by atoms with E-state index in [1.165, 1.54) is 12.1 Å². The van der Waals surface area contributed by atoms with Gasteiger partial charge in [0.1, 0.15) is 30.5 Å². The van der Waals surface area contributed by atoms with Crippen molar-refractivity contribution < 1.29 is 39.7 Å². The highest BCUT2D eigenvalue weighted by molar-refractivity contribution is 5.41. The number of aliphatic hydroxyl groups excluding tert-OH is 3. The van der Waals surface area contributed by atoms with Crippen molar-refractivity contribution in [2.45, 2.75) is 36.8 Å². The van der Waals surface area contributed by atoms with Crippen LogP contribution in [0.15, 0.2) is 18.2 Å². The number of fused-ring (bicyclic) bond motifs is 1. The summed E-state index contributed by atoms with van der Waals surface area (Å²) in [5.41, 5.74) is 0.555. The van der Waals surface area contributed by atoms with E-state index in [1.807, 2.05) is 0 Å². The second-order valence-electron chi connectivity index (χ2n) is 5.38. The summed E-state index contributed by atoms with van der Waals surface area (Å²) >= 11 is 0. The molecule has 8 heteroatoms. The molecule has 5 N–H and O–H groups in total. The van der Waals surface area contributed by atoms with Gasteiger partial charge in [-0.2, -0.15) is 0 Å². The zero-order valence-corrected chi connectivity index (χ0v) is 11.6. The van der Waals surface area contributed by atoms with Gasteiger partial charge in [-0.15, -0.1) is 0 Å². The molecule has 3 rings (SSSR count). The van der Waals surface area contributed by atoms with E-state index < -0.39 is 43.4 Å². The smallest absolute Gasteiger partial charge is 0.187 e. The molecule has 0 spiro atoms. The molecule has 2 aliphatic rings. The zero-order valence-electron chi connectivity index (χ0n) is 11.6. The topological polar surface area (TPSA) is 129 Å².